The van der Waals surface area contributed by atoms with Gasteiger partial charge in [-0.1, -0.05) is 0 Å². The van der Waals surface area contributed by atoms with Gasteiger partial charge in [-0.05, 0) is 34.7 Å². The summed E-state index contributed by atoms with van der Waals surface area (Å²) >= 11 is 2.20. The van der Waals surface area contributed by atoms with E-state index >= 15 is 0 Å². The second-order valence-corrected chi connectivity index (χ2v) is 3.44. The fraction of sp³-hybridized carbons (Fsp3) is 0.125. The average molecular weight is 275 g/mol. The number of benzene rings is 1. The Balaban J connectivity index is 2.82. The van der Waals surface area contributed by atoms with Crippen molar-refractivity contribution in [2.75, 3.05) is 7.11 Å². The monoisotopic (exact) mass is 275 g/mol. The highest BCUT2D eigenvalue weighted by atomic mass is 127. The van der Waals surface area contributed by atoms with Crippen LogP contribution >= 0.6 is 22.6 Å². The molecule has 0 bridgehead atoms. The summed E-state index contributed by atoms with van der Waals surface area (Å²) in [5, 5.41) is 0. The lowest BCUT2D eigenvalue weighted by Gasteiger charge is -1.99. The van der Waals surface area contributed by atoms with Crippen molar-refractivity contribution in [3.63, 3.8) is 0 Å². The minimum Gasteiger partial charge on any atom is -0.494 e. The third kappa shape index (κ3) is 1.06. The summed E-state index contributed by atoms with van der Waals surface area (Å²) in [6.07, 6.45) is 1.43. The van der Waals surface area contributed by atoms with E-state index in [0.717, 1.165) is 20.4 Å². The summed E-state index contributed by atoms with van der Waals surface area (Å²) in [6, 6.07) is 3.82. The van der Waals surface area contributed by atoms with Crippen LogP contribution in [0.2, 0.25) is 0 Å². The molecule has 0 unspecified atom stereocenters. The van der Waals surface area contributed by atoms with E-state index in [4.69, 9.17) is 9.15 Å². The first-order valence-corrected chi connectivity index (χ1v) is 4.46. The molecule has 12 heavy (non-hydrogen) atoms. The number of hydrogen-bond donors (Lipinski definition) is 0. The van der Waals surface area contributed by atoms with Gasteiger partial charge in [-0.3, -0.25) is 0 Å². The van der Waals surface area contributed by atoms with E-state index < -0.39 is 0 Å². The van der Waals surface area contributed by atoms with E-state index in [2.05, 4.69) is 27.6 Å². The average Bonchev–Trinajstić information content (AvgIpc) is 2.54. The predicted octanol–water partition coefficient (Wildman–Crippen LogP) is 2.44. The lowest BCUT2D eigenvalue weighted by atomic mass is 10.3. The highest BCUT2D eigenvalue weighted by Gasteiger charge is 2.07. The highest BCUT2D eigenvalue weighted by Crippen LogP contribution is 2.27. The van der Waals surface area contributed by atoms with Crippen molar-refractivity contribution in [3.8, 4) is 5.75 Å². The van der Waals surface area contributed by atoms with Gasteiger partial charge < -0.3 is 9.15 Å². The SMILES string of the molecule is COc1ccc(I)c2ocnc12. The molecule has 0 aliphatic rings. The fourth-order valence-electron chi connectivity index (χ4n) is 1.06. The van der Waals surface area contributed by atoms with Gasteiger partial charge in [0, 0.05) is 0 Å². The zero-order chi connectivity index (χ0) is 8.55. The van der Waals surface area contributed by atoms with E-state index in [0.29, 0.717) is 0 Å². The number of nitrogens with zero attached hydrogens (tertiary/aromatic N) is 1. The molecular formula is C8H6INO2. The van der Waals surface area contributed by atoms with Crippen molar-refractivity contribution in [2.45, 2.75) is 0 Å². The molecule has 0 amide bonds. The molecule has 0 N–H and O–H groups in total. The molecule has 4 heteroatoms. The highest BCUT2D eigenvalue weighted by molar-refractivity contribution is 14.1. The molecule has 0 saturated carbocycles. The zero-order valence-corrected chi connectivity index (χ0v) is 8.53. The maximum atomic E-state index is 5.19. The van der Waals surface area contributed by atoms with E-state index in [-0.39, 0.29) is 0 Å². The molecule has 0 aliphatic carbocycles. The molecule has 0 aliphatic heterocycles. The summed E-state index contributed by atoms with van der Waals surface area (Å²) in [4.78, 5) is 4.05. The van der Waals surface area contributed by atoms with Crippen LogP contribution in [-0.2, 0) is 0 Å². The van der Waals surface area contributed by atoms with Gasteiger partial charge in [-0.25, -0.2) is 4.98 Å². The second-order valence-electron chi connectivity index (χ2n) is 2.28. The Labute approximate surface area is 82.9 Å². The Hall–Kier alpha value is -0.780. The Bertz CT molecular complexity index is 410. The molecule has 0 spiro atoms. The van der Waals surface area contributed by atoms with Gasteiger partial charge in [-0.2, -0.15) is 0 Å². The topological polar surface area (TPSA) is 35.3 Å². The number of fused-ring (bicyclic) bond motifs is 1. The lowest BCUT2D eigenvalue weighted by molar-refractivity contribution is 0.419. The molecule has 2 aromatic rings. The lowest BCUT2D eigenvalue weighted by Crippen LogP contribution is -1.84. The molecule has 1 aromatic heterocycles. The third-order valence-electron chi connectivity index (χ3n) is 1.62. The predicted molar refractivity (Wildman–Crippen MR) is 53.3 cm³/mol. The summed E-state index contributed by atoms with van der Waals surface area (Å²) in [5.41, 5.74) is 1.57. The molecule has 2 rings (SSSR count). The van der Waals surface area contributed by atoms with Gasteiger partial charge in [-0.15, -0.1) is 0 Å². The summed E-state index contributed by atoms with van der Waals surface area (Å²) in [5.74, 6) is 0.749. The van der Waals surface area contributed by atoms with Gasteiger partial charge >= 0.3 is 0 Å². The van der Waals surface area contributed by atoms with Gasteiger partial charge in [0.25, 0.3) is 0 Å². The molecule has 0 atom stereocenters. The van der Waals surface area contributed by atoms with E-state index in [1.54, 1.807) is 7.11 Å². The van der Waals surface area contributed by atoms with E-state index in [9.17, 15) is 0 Å². The van der Waals surface area contributed by atoms with Crippen molar-refractivity contribution < 1.29 is 9.15 Å². The first kappa shape index (κ1) is 7.85. The number of hydrogen-bond acceptors (Lipinski definition) is 3. The first-order chi connectivity index (χ1) is 5.83. The van der Waals surface area contributed by atoms with Gasteiger partial charge in [0.2, 0.25) is 0 Å². The van der Waals surface area contributed by atoms with Crippen molar-refractivity contribution in [2.24, 2.45) is 0 Å². The minimum absolute atomic E-state index is 0.749. The van der Waals surface area contributed by atoms with Crippen LogP contribution in [0.3, 0.4) is 0 Å². The number of methoxy groups -OCH3 is 1. The molecule has 0 fully saturated rings. The Morgan fingerprint density at radius 2 is 2.33 bits per heavy atom. The number of halogens is 1. The van der Waals surface area contributed by atoms with Crippen LogP contribution in [0.4, 0.5) is 0 Å². The van der Waals surface area contributed by atoms with Crippen molar-refractivity contribution in [1.29, 1.82) is 0 Å². The Kier molecular flexibility index (Phi) is 1.92. The quantitative estimate of drug-likeness (QED) is 0.750. The molecule has 3 nitrogen and oxygen atoms in total. The number of ether oxygens (including phenoxy) is 1. The van der Waals surface area contributed by atoms with E-state index in [1.807, 2.05) is 12.1 Å². The second kappa shape index (κ2) is 2.93. The Morgan fingerprint density at radius 3 is 3.08 bits per heavy atom. The molecular weight excluding hydrogens is 269 g/mol. The molecule has 62 valence electrons. The maximum Gasteiger partial charge on any atom is 0.182 e. The number of aromatic nitrogens is 1. The van der Waals surface area contributed by atoms with Crippen LogP contribution < -0.4 is 4.74 Å². The first-order valence-electron chi connectivity index (χ1n) is 3.38. The van der Waals surface area contributed by atoms with Crippen LogP contribution in [0.15, 0.2) is 22.9 Å². The maximum absolute atomic E-state index is 5.19. The summed E-state index contributed by atoms with van der Waals surface area (Å²) < 4.78 is 11.4. The van der Waals surface area contributed by atoms with Crippen LogP contribution in [0, 0.1) is 3.57 Å². The third-order valence-corrected chi connectivity index (χ3v) is 2.47. The molecule has 1 heterocycles. The number of oxazole rings is 1. The largest absolute Gasteiger partial charge is 0.494 e. The smallest absolute Gasteiger partial charge is 0.182 e. The van der Waals surface area contributed by atoms with Crippen LogP contribution in [-0.4, -0.2) is 12.1 Å². The van der Waals surface area contributed by atoms with Crippen LogP contribution in [0.25, 0.3) is 11.1 Å². The number of rotatable bonds is 1. The van der Waals surface area contributed by atoms with Gasteiger partial charge in [0.15, 0.2) is 17.5 Å². The Morgan fingerprint density at radius 1 is 1.50 bits per heavy atom. The molecule has 0 saturated heterocycles. The summed E-state index contributed by atoms with van der Waals surface area (Å²) in [6.45, 7) is 0. The van der Waals surface area contributed by atoms with Crippen LogP contribution in [0.5, 0.6) is 5.75 Å². The fourth-order valence-corrected chi connectivity index (χ4v) is 1.62. The van der Waals surface area contributed by atoms with Crippen molar-refractivity contribution in [3.05, 3.63) is 22.1 Å². The normalized spacial score (nSPS) is 10.5. The molecule has 1 aromatic carbocycles. The van der Waals surface area contributed by atoms with Crippen molar-refractivity contribution >= 4 is 33.7 Å². The van der Waals surface area contributed by atoms with Crippen molar-refractivity contribution in [1.82, 2.24) is 4.98 Å². The standard InChI is InChI=1S/C8H6INO2/c1-11-6-3-2-5(9)8-7(6)10-4-12-8/h2-4H,1H3. The van der Waals surface area contributed by atoms with Gasteiger partial charge in [0.1, 0.15) is 5.75 Å². The van der Waals surface area contributed by atoms with Crippen LogP contribution in [0.1, 0.15) is 0 Å². The van der Waals surface area contributed by atoms with E-state index in [1.165, 1.54) is 6.39 Å². The minimum atomic E-state index is 0.749. The molecule has 0 radical (unpaired) electrons. The van der Waals surface area contributed by atoms with Gasteiger partial charge in [0.05, 0.1) is 10.7 Å². The summed E-state index contributed by atoms with van der Waals surface area (Å²) in [7, 11) is 1.62. The zero-order valence-electron chi connectivity index (χ0n) is 6.37.